The molecule has 1 aromatic carbocycles. The van der Waals surface area contributed by atoms with E-state index >= 15 is 0 Å². The largest absolute Gasteiger partial charge is 0.348 e. The van der Waals surface area contributed by atoms with Crippen molar-refractivity contribution in [2.45, 2.75) is 6.42 Å². The van der Waals surface area contributed by atoms with E-state index in [1.165, 1.54) is 6.07 Å². The quantitative estimate of drug-likeness (QED) is 0.730. The molecule has 0 aliphatic carbocycles. The van der Waals surface area contributed by atoms with Crippen molar-refractivity contribution in [3.05, 3.63) is 35.6 Å². The number of benzene rings is 1. The summed E-state index contributed by atoms with van der Waals surface area (Å²) in [6.07, 6.45) is 0.351. The minimum absolute atomic E-state index is 0.223. The van der Waals surface area contributed by atoms with Crippen LogP contribution in [0.1, 0.15) is 5.56 Å². The molecule has 0 saturated heterocycles. The van der Waals surface area contributed by atoms with Gasteiger partial charge in [0.1, 0.15) is 5.82 Å². The summed E-state index contributed by atoms with van der Waals surface area (Å²) in [6.45, 7) is 1.29. The van der Waals surface area contributed by atoms with E-state index < -0.39 is 11.8 Å². The predicted molar refractivity (Wildman–Crippen MR) is 74.7 cm³/mol. The van der Waals surface area contributed by atoms with Crippen molar-refractivity contribution in [1.82, 2.24) is 15.5 Å². The number of likely N-dealkylation sites (N-methyl/N-ethyl adjacent to an activating group) is 1. The highest BCUT2D eigenvalue weighted by Gasteiger charge is 2.12. The van der Waals surface area contributed by atoms with Gasteiger partial charge in [-0.2, -0.15) is 0 Å². The first-order chi connectivity index (χ1) is 9.50. The van der Waals surface area contributed by atoms with E-state index in [9.17, 15) is 14.0 Å². The molecule has 6 heteroatoms. The van der Waals surface area contributed by atoms with Crippen LogP contribution in [0.3, 0.4) is 0 Å². The van der Waals surface area contributed by atoms with Gasteiger partial charge in [0.15, 0.2) is 0 Å². The van der Waals surface area contributed by atoms with E-state index in [1.54, 1.807) is 18.2 Å². The van der Waals surface area contributed by atoms with Crippen LogP contribution < -0.4 is 10.6 Å². The Kier molecular flexibility index (Phi) is 6.66. The standard InChI is InChI=1S/C14H20FN3O2/c1-18(2)10-9-17-14(20)13(19)16-8-7-11-5-3-4-6-12(11)15/h3-6H,7-10H2,1-2H3,(H,16,19)(H,17,20). The molecule has 1 aromatic rings. The lowest BCUT2D eigenvalue weighted by Gasteiger charge is -2.10. The number of hydrogen-bond acceptors (Lipinski definition) is 3. The third kappa shape index (κ3) is 5.79. The molecule has 20 heavy (non-hydrogen) atoms. The number of carbonyl (C=O) groups is 2. The van der Waals surface area contributed by atoms with Gasteiger partial charge in [0.25, 0.3) is 0 Å². The van der Waals surface area contributed by atoms with Gasteiger partial charge in [-0.15, -0.1) is 0 Å². The monoisotopic (exact) mass is 281 g/mol. The molecule has 0 atom stereocenters. The van der Waals surface area contributed by atoms with Crippen molar-refractivity contribution in [2.24, 2.45) is 0 Å². The molecule has 0 aliphatic rings. The van der Waals surface area contributed by atoms with Crippen LogP contribution in [0.15, 0.2) is 24.3 Å². The first kappa shape index (κ1) is 16.1. The van der Waals surface area contributed by atoms with Gasteiger partial charge in [0.05, 0.1) is 0 Å². The summed E-state index contributed by atoms with van der Waals surface area (Å²) in [5, 5.41) is 4.97. The first-order valence-electron chi connectivity index (χ1n) is 6.45. The van der Waals surface area contributed by atoms with E-state index in [2.05, 4.69) is 10.6 Å². The van der Waals surface area contributed by atoms with Crippen LogP contribution in [-0.2, 0) is 16.0 Å². The number of amides is 2. The van der Waals surface area contributed by atoms with E-state index in [0.717, 1.165) is 0 Å². The molecule has 5 nitrogen and oxygen atoms in total. The molecule has 2 N–H and O–H groups in total. The molecule has 0 saturated carbocycles. The molecule has 110 valence electrons. The second-order valence-electron chi connectivity index (χ2n) is 4.66. The van der Waals surface area contributed by atoms with Crippen molar-refractivity contribution in [2.75, 3.05) is 33.7 Å². The lowest BCUT2D eigenvalue weighted by Crippen LogP contribution is -2.42. The van der Waals surface area contributed by atoms with Crippen molar-refractivity contribution in [3.8, 4) is 0 Å². The lowest BCUT2D eigenvalue weighted by molar-refractivity contribution is -0.139. The molecule has 0 fully saturated rings. The molecule has 0 heterocycles. The number of nitrogens with one attached hydrogen (secondary N) is 2. The summed E-state index contributed by atoms with van der Waals surface area (Å²) in [4.78, 5) is 24.8. The van der Waals surface area contributed by atoms with E-state index in [1.807, 2.05) is 19.0 Å². The summed E-state index contributed by atoms with van der Waals surface area (Å²) < 4.78 is 13.3. The highest BCUT2D eigenvalue weighted by Crippen LogP contribution is 2.05. The SMILES string of the molecule is CN(C)CCNC(=O)C(=O)NCCc1ccccc1F. The fourth-order valence-corrected chi connectivity index (χ4v) is 1.57. The third-order valence-corrected chi connectivity index (χ3v) is 2.69. The van der Waals surface area contributed by atoms with Crippen LogP contribution in [0.25, 0.3) is 0 Å². The molecule has 0 bridgehead atoms. The smallest absolute Gasteiger partial charge is 0.309 e. The molecule has 0 aliphatic heterocycles. The molecule has 1 rings (SSSR count). The molecule has 0 aromatic heterocycles. The fraction of sp³-hybridized carbons (Fsp3) is 0.429. The number of carbonyl (C=O) groups excluding carboxylic acids is 2. The number of rotatable bonds is 6. The third-order valence-electron chi connectivity index (χ3n) is 2.69. The molecule has 0 radical (unpaired) electrons. The zero-order valence-corrected chi connectivity index (χ0v) is 11.8. The Hall–Kier alpha value is -1.95. The van der Waals surface area contributed by atoms with Crippen LogP contribution >= 0.6 is 0 Å². The van der Waals surface area contributed by atoms with Crippen LogP contribution in [0.2, 0.25) is 0 Å². The molecule has 2 amide bonds. The van der Waals surface area contributed by atoms with Crippen LogP contribution in [0, 0.1) is 5.82 Å². The van der Waals surface area contributed by atoms with Crippen LogP contribution in [-0.4, -0.2) is 50.4 Å². The van der Waals surface area contributed by atoms with Gasteiger partial charge in [-0.25, -0.2) is 4.39 Å². The second kappa shape index (κ2) is 8.27. The van der Waals surface area contributed by atoms with Gasteiger partial charge >= 0.3 is 11.8 Å². The number of nitrogens with zero attached hydrogens (tertiary/aromatic N) is 1. The zero-order valence-electron chi connectivity index (χ0n) is 11.8. The Labute approximate surface area is 118 Å². The fourth-order valence-electron chi connectivity index (χ4n) is 1.57. The van der Waals surface area contributed by atoms with E-state index in [4.69, 9.17) is 0 Å². The average Bonchev–Trinajstić information content (AvgIpc) is 2.40. The molecule has 0 spiro atoms. The minimum atomic E-state index is -0.694. The lowest BCUT2D eigenvalue weighted by atomic mass is 10.1. The Morgan fingerprint density at radius 1 is 1.10 bits per heavy atom. The summed E-state index contributed by atoms with van der Waals surface area (Å²) in [5.41, 5.74) is 0.515. The maximum Gasteiger partial charge on any atom is 0.309 e. The van der Waals surface area contributed by atoms with Gasteiger partial charge in [-0.1, -0.05) is 18.2 Å². The van der Waals surface area contributed by atoms with E-state index in [0.29, 0.717) is 25.1 Å². The minimum Gasteiger partial charge on any atom is -0.348 e. The van der Waals surface area contributed by atoms with Crippen molar-refractivity contribution < 1.29 is 14.0 Å². The molecular formula is C14H20FN3O2. The molecule has 0 unspecified atom stereocenters. The predicted octanol–water partition coefficient (Wildman–Crippen LogP) is 0.162. The van der Waals surface area contributed by atoms with Gasteiger partial charge in [0.2, 0.25) is 0 Å². The van der Waals surface area contributed by atoms with Crippen LogP contribution in [0.4, 0.5) is 4.39 Å². The Balaban J connectivity index is 2.26. The summed E-state index contributed by atoms with van der Waals surface area (Å²) in [6, 6.07) is 6.35. The maximum absolute atomic E-state index is 13.3. The maximum atomic E-state index is 13.3. The Morgan fingerprint density at radius 3 is 2.30 bits per heavy atom. The first-order valence-corrected chi connectivity index (χ1v) is 6.45. The molecular weight excluding hydrogens is 261 g/mol. The summed E-state index contributed by atoms with van der Waals surface area (Å²) in [7, 11) is 3.75. The van der Waals surface area contributed by atoms with Crippen LogP contribution in [0.5, 0.6) is 0 Å². The average molecular weight is 281 g/mol. The van der Waals surface area contributed by atoms with Crippen molar-refractivity contribution in [1.29, 1.82) is 0 Å². The van der Waals surface area contributed by atoms with E-state index in [-0.39, 0.29) is 12.4 Å². The summed E-state index contributed by atoms with van der Waals surface area (Å²) >= 11 is 0. The van der Waals surface area contributed by atoms with Gasteiger partial charge in [-0.05, 0) is 32.1 Å². The Bertz CT molecular complexity index is 463. The van der Waals surface area contributed by atoms with Crippen molar-refractivity contribution in [3.63, 3.8) is 0 Å². The topological polar surface area (TPSA) is 61.4 Å². The highest BCUT2D eigenvalue weighted by molar-refractivity contribution is 6.35. The van der Waals surface area contributed by atoms with Gasteiger partial charge in [0, 0.05) is 19.6 Å². The Morgan fingerprint density at radius 2 is 1.70 bits per heavy atom. The van der Waals surface area contributed by atoms with Crippen molar-refractivity contribution >= 4 is 11.8 Å². The van der Waals surface area contributed by atoms with Gasteiger partial charge in [-0.3, -0.25) is 9.59 Å². The highest BCUT2D eigenvalue weighted by atomic mass is 19.1. The van der Waals surface area contributed by atoms with Gasteiger partial charge < -0.3 is 15.5 Å². The normalized spacial score (nSPS) is 10.4. The number of hydrogen-bond donors (Lipinski definition) is 2. The zero-order chi connectivity index (χ0) is 15.0. The second-order valence-corrected chi connectivity index (χ2v) is 4.66. The number of halogens is 1. The summed E-state index contributed by atoms with van der Waals surface area (Å²) in [5.74, 6) is -1.67.